The van der Waals surface area contributed by atoms with E-state index in [1.54, 1.807) is 17.8 Å². The second kappa shape index (κ2) is 8.99. The van der Waals surface area contributed by atoms with Crippen molar-refractivity contribution in [3.8, 4) is 5.75 Å². The van der Waals surface area contributed by atoms with Crippen molar-refractivity contribution in [1.82, 2.24) is 0 Å². The average Bonchev–Trinajstić information content (AvgIpc) is 2.54. The van der Waals surface area contributed by atoms with Gasteiger partial charge in [-0.05, 0) is 30.5 Å². The maximum atomic E-state index is 11.7. The zero-order valence-corrected chi connectivity index (χ0v) is 12.9. The first kappa shape index (κ1) is 18.8. The summed E-state index contributed by atoms with van der Waals surface area (Å²) >= 11 is 1.64. The Morgan fingerprint density at radius 2 is 1.52 bits per heavy atom. The van der Waals surface area contributed by atoms with E-state index in [9.17, 15) is 22.8 Å². The molecule has 0 fully saturated rings. The molecule has 0 saturated carbocycles. The zero-order chi connectivity index (χ0) is 17.3. The number of aldehydes is 2. The van der Waals surface area contributed by atoms with Crippen LogP contribution in [0.1, 0.15) is 20.7 Å². The Morgan fingerprint density at radius 1 is 0.957 bits per heavy atom. The summed E-state index contributed by atoms with van der Waals surface area (Å²) in [7, 11) is 0. The third kappa shape index (κ3) is 7.51. The first-order valence-corrected chi connectivity index (χ1v) is 7.50. The maximum absolute atomic E-state index is 11.7. The first-order chi connectivity index (χ1) is 10.9. The largest absolute Gasteiger partial charge is 0.573 e. The highest BCUT2D eigenvalue weighted by Gasteiger charge is 2.31. The summed E-state index contributed by atoms with van der Waals surface area (Å²) in [5.74, 6) is -0.392. The zero-order valence-electron chi connectivity index (χ0n) is 12.0. The lowest BCUT2D eigenvalue weighted by Crippen LogP contribution is -2.17. The van der Waals surface area contributed by atoms with E-state index in [1.807, 2.05) is 24.5 Å². The summed E-state index contributed by atoms with van der Waals surface area (Å²) in [6.07, 6.45) is -1.42. The van der Waals surface area contributed by atoms with Gasteiger partial charge in [0.2, 0.25) is 0 Å². The number of halogens is 3. The van der Waals surface area contributed by atoms with Crippen LogP contribution in [-0.2, 0) is 0 Å². The molecule has 2 aromatic rings. The summed E-state index contributed by atoms with van der Waals surface area (Å²) in [6, 6.07) is 12.4. The predicted octanol–water partition coefficient (Wildman–Crippen LogP) is 4.62. The monoisotopic (exact) mass is 342 g/mol. The van der Waals surface area contributed by atoms with Crippen molar-refractivity contribution < 1.29 is 27.5 Å². The number of benzene rings is 2. The molecule has 0 radical (unpaired) electrons. The molecule has 0 unspecified atom stereocenters. The van der Waals surface area contributed by atoms with Crippen LogP contribution < -0.4 is 4.74 Å². The second-order valence-corrected chi connectivity index (χ2v) is 5.01. The Morgan fingerprint density at radius 3 is 2.04 bits per heavy atom. The van der Waals surface area contributed by atoms with Crippen LogP contribution in [0, 0.1) is 0 Å². The smallest absolute Gasteiger partial charge is 0.406 e. The number of hydrogen-bond donors (Lipinski definition) is 0. The van der Waals surface area contributed by atoms with E-state index in [-0.39, 0.29) is 5.56 Å². The fourth-order valence-corrected chi connectivity index (χ4v) is 1.97. The molecule has 0 aliphatic carbocycles. The molecule has 2 rings (SSSR count). The van der Waals surface area contributed by atoms with Gasteiger partial charge >= 0.3 is 6.36 Å². The molecule has 0 saturated heterocycles. The van der Waals surface area contributed by atoms with Gasteiger partial charge in [-0.3, -0.25) is 9.59 Å². The molecule has 122 valence electrons. The van der Waals surface area contributed by atoms with Crippen molar-refractivity contribution in [2.45, 2.75) is 11.3 Å². The van der Waals surface area contributed by atoms with Crippen molar-refractivity contribution in [2.24, 2.45) is 0 Å². The third-order valence-electron chi connectivity index (χ3n) is 2.46. The molecule has 0 bridgehead atoms. The van der Waals surface area contributed by atoms with Crippen molar-refractivity contribution >= 4 is 24.3 Å². The van der Waals surface area contributed by atoms with Crippen LogP contribution in [0.5, 0.6) is 5.75 Å². The number of ether oxygens (including phenoxy) is 1. The van der Waals surface area contributed by atoms with Gasteiger partial charge in [0.25, 0.3) is 0 Å². The molecule has 0 N–H and O–H groups in total. The van der Waals surface area contributed by atoms with E-state index in [0.29, 0.717) is 6.29 Å². The highest BCUT2D eigenvalue weighted by Crippen LogP contribution is 2.22. The summed E-state index contributed by atoms with van der Waals surface area (Å²) in [5, 5.41) is 0. The molecule has 0 atom stereocenters. The van der Waals surface area contributed by atoms with Crippen molar-refractivity contribution in [2.75, 3.05) is 6.26 Å². The normalized spacial score (nSPS) is 10.3. The van der Waals surface area contributed by atoms with Gasteiger partial charge < -0.3 is 4.74 Å². The standard InChI is InChI=1S/C8H5F3O2.C8H8OS/c9-8(10,11)13-7-3-1-2-6(4-7)5-12;1-10-8-4-2-3-7(5-8)6-9/h1-5H;2-6H,1H3. The molecule has 0 aliphatic heterocycles. The van der Waals surface area contributed by atoms with Gasteiger partial charge in [0, 0.05) is 16.0 Å². The summed E-state index contributed by atoms with van der Waals surface area (Å²) in [5.41, 5.74) is 0.883. The van der Waals surface area contributed by atoms with Crippen molar-refractivity contribution in [3.05, 3.63) is 59.7 Å². The van der Waals surface area contributed by atoms with Gasteiger partial charge in [-0.15, -0.1) is 24.9 Å². The van der Waals surface area contributed by atoms with Gasteiger partial charge in [-0.1, -0.05) is 24.3 Å². The number of thioether (sulfide) groups is 1. The molecule has 7 heteroatoms. The molecule has 2 aromatic carbocycles. The van der Waals surface area contributed by atoms with Gasteiger partial charge in [-0.2, -0.15) is 0 Å². The lowest BCUT2D eigenvalue weighted by atomic mass is 10.2. The van der Waals surface area contributed by atoms with Gasteiger partial charge in [-0.25, -0.2) is 0 Å². The van der Waals surface area contributed by atoms with Crippen LogP contribution in [0.2, 0.25) is 0 Å². The number of carbonyl (C=O) groups excluding carboxylic acids is 2. The Labute approximate surface area is 135 Å². The number of rotatable bonds is 4. The van der Waals surface area contributed by atoms with Crippen LogP contribution >= 0.6 is 11.8 Å². The second-order valence-electron chi connectivity index (χ2n) is 4.13. The Bertz CT molecular complexity index is 657. The van der Waals surface area contributed by atoms with Crippen LogP contribution in [0.4, 0.5) is 13.2 Å². The minimum absolute atomic E-state index is 0.141. The Kier molecular flexibility index (Phi) is 7.34. The van der Waals surface area contributed by atoms with Gasteiger partial charge in [0.1, 0.15) is 18.3 Å². The molecule has 0 spiro atoms. The molecule has 0 heterocycles. The van der Waals surface area contributed by atoms with Crippen molar-refractivity contribution in [3.63, 3.8) is 0 Å². The lowest BCUT2D eigenvalue weighted by Gasteiger charge is -2.08. The Hall–Kier alpha value is -2.28. The molecular formula is C16H13F3O3S. The summed E-state index contributed by atoms with van der Waals surface area (Å²) in [4.78, 5) is 21.6. The van der Waals surface area contributed by atoms with E-state index >= 15 is 0 Å². The fraction of sp³-hybridized carbons (Fsp3) is 0.125. The molecule has 0 aliphatic rings. The summed E-state index contributed by atoms with van der Waals surface area (Å²) in [6.45, 7) is 0. The van der Waals surface area contributed by atoms with Crippen LogP contribution in [-0.4, -0.2) is 25.2 Å². The van der Waals surface area contributed by atoms with E-state index in [2.05, 4.69) is 4.74 Å². The van der Waals surface area contributed by atoms with Crippen LogP contribution in [0.3, 0.4) is 0 Å². The number of hydrogen-bond acceptors (Lipinski definition) is 4. The van der Waals surface area contributed by atoms with Gasteiger partial charge in [0.05, 0.1) is 0 Å². The minimum atomic E-state index is -4.72. The van der Waals surface area contributed by atoms with E-state index in [4.69, 9.17) is 0 Å². The molecule has 23 heavy (non-hydrogen) atoms. The molecule has 3 nitrogen and oxygen atoms in total. The van der Waals surface area contributed by atoms with Crippen LogP contribution in [0.25, 0.3) is 0 Å². The number of alkyl halides is 3. The maximum Gasteiger partial charge on any atom is 0.573 e. The van der Waals surface area contributed by atoms with E-state index in [0.717, 1.165) is 28.9 Å². The Balaban J connectivity index is 0.000000238. The van der Waals surface area contributed by atoms with E-state index in [1.165, 1.54) is 12.1 Å². The topological polar surface area (TPSA) is 43.4 Å². The predicted molar refractivity (Wildman–Crippen MR) is 82.1 cm³/mol. The number of carbonyl (C=O) groups is 2. The fourth-order valence-electron chi connectivity index (χ4n) is 1.50. The average molecular weight is 342 g/mol. The van der Waals surface area contributed by atoms with Crippen molar-refractivity contribution in [1.29, 1.82) is 0 Å². The van der Waals surface area contributed by atoms with Crippen LogP contribution in [0.15, 0.2) is 53.4 Å². The SMILES string of the molecule is CSc1cccc(C=O)c1.O=Cc1cccc(OC(F)(F)F)c1. The third-order valence-corrected chi connectivity index (χ3v) is 3.18. The molecule has 0 aromatic heterocycles. The minimum Gasteiger partial charge on any atom is -0.406 e. The van der Waals surface area contributed by atoms with E-state index < -0.39 is 12.1 Å². The first-order valence-electron chi connectivity index (χ1n) is 6.28. The lowest BCUT2D eigenvalue weighted by molar-refractivity contribution is -0.274. The quantitative estimate of drug-likeness (QED) is 0.601. The highest BCUT2D eigenvalue weighted by molar-refractivity contribution is 7.98. The summed E-state index contributed by atoms with van der Waals surface area (Å²) < 4.78 is 38.6. The van der Waals surface area contributed by atoms with Gasteiger partial charge in [0.15, 0.2) is 0 Å². The molecular weight excluding hydrogens is 329 g/mol. The molecule has 0 amide bonds. The highest BCUT2D eigenvalue weighted by atomic mass is 32.2.